The Morgan fingerprint density at radius 3 is 3.06 bits per heavy atom. The van der Waals surface area contributed by atoms with Gasteiger partial charge >= 0.3 is 0 Å². The van der Waals surface area contributed by atoms with E-state index >= 15 is 0 Å². The summed E-state index contributed by atoms with van der Waals surface area (Å²) in [5.74, 6) is 0.435. The molecule has 2 heterocycles. The van der Waals surface area contributed by atoms with E-state index in [1.165, 1.54) is 0 Å². The van der Waals surface area contributed by atoms with Gasteiger partial charge in [-0.3, -0.25) is 4.79 Å². The summed E-state index contributed by atoms with van der Waals surface area (Å²) in [6.07, 6.45) is 5.65. The first kappa shape index (κ1) is 11.9. The van der Waals surface area contributed by atoms with Crippen molar-refractivity contribution in [2.75, 3.05) is 5.32 Å². The van der Waals surface area contributed by atoms with E-state index in [9.17, 15) is 4.79 Å². The van der Waals surface area contributed by atoms with Crippen molar-refractivity contribution in [2.45, 2.75) is 25.4 Å². The molecule has 0 aliphatic heterocycles. The molecule has 0 unspecified atom stereocenters. The van der Waals surface area contributed by atoms with E-state index in [2.05, 4.69) is 26.2 Å². The third-order valence-electron chi connectivity index (χ3n) is 2.92. The van der Waals surface area contributed by atoms with Gasteiger partial charge in [-0.05, 0) is 40.2 Å². The van der Waals surface area contributed by atoms with Crippen LogP contribution >= 0.6 is 27.3 Å². The van der Waals surface area contributed by atoms with E-state index in [1.54, 1.807) is 28.3 Å². The van der Waals surface area contributed by atoms with Gasteiger partial charge in [-0.1, -0.05) is 0 Å². The van der Waals surface area contributed by atoms with Gasteiger partial charge in [0.2, 0.25) is 0 Å². The maximum absolute atomic E-state index is 12.1. The summed E-state index contributed by atoms with van der Waals surface area (Å²) < 4.78 is 2.84. The lowest BCUT2D eigenvalue weighted by molar-refractivity contribution is 0.699. The van der Waals surface area contributed by atoms with Crippen LogP contribution in [0.1, 0.15) is 23.8 Å². The molecule has 2 aromatic rings. The highest BCUT2D eigenvalue weighted by atomic mass is 79.9. The molecule has 0 amide bonds. The molecule has 1 saturated carbocycles. The zero-order chi connectivity index (χ0) is 12.5. The molecular formula is C12H12BrN3OS. The number of hydrogen-bond donors (Lipinski definition) is 1. The minimum atomic E-state index is -0.0207. The first-order valence-corrected chi connectivity index (χ1v) is 7.46. The zero-order valence-corrected chi connectivity index (χ0v) is 12.0. The average molecular weight is 326 g/mol. The Balaban J connectivity index is 1.79. The molecule has 1 N–H and O–H groups in total. The van der Waals surface area contributed by atoms with E-state index < -0.39 is 0 Å². The van der Waals surface area contributed by atoms with E-state index in [0.29, 0.717) is 18.4 Å². The van der Waals surface area contributed by atoms with Gasteiger partial charge in [0, 0.05) is 27.8 Å². The number of anilines is 1. The second kappa shape index (κ2) is 4.85. The van der Waals surface area contributed by atoms with E-state index in [1.807, 2.05) is 11.4 Å². The third kappa shape index (κ3) is 2.35. The molecule has 0 bridgehead atoms. The van der Waals surface area contributed by atoms with E-state index in [-0.39, 0.29) is 5.56 Å². The predicted molar refractivity (Wildman–Crippen MR) is 76.1 cm³/mol. The van der Waals surface area contributed by atoms with Crippen LogP contribution in [0, 0.1) is 0 Å². The van der Waals surface area contributed by atoms with Crippen molar-refractivity contribution in [3.63, 3.8) is 0 Å². The average Bonchev–Trinajstić information content (AvgIpc) is 3.12. The first-order valence-electron chi connectivity index (χ1n) is 5.78. The fraction of sp³-hybridized carbons (Fsp3) is 0.333. The molecule has 0 radical (unpaired) electrons. The van der Waals surface area contributed by atoms with Crippen molar-refractivity contribution in [3.8, 4) is 0 Å². The van der Waals surface area contributed by atoms with Crippen LogP contribution in [0.15, 0.2) is 33.1 Å². The van der Waals surface area contributed by atoms with Gasteiger partial charge in [0.15, 0.2) is 5.82 Å². The summed E-state index contributed by atoms with van der Waals surface area (Å²) in [6, 6.07) is 2.39. The molecule has 1 aliphatic carbocycles. The molecule has 0 aromatic carbocycles. The number of thiophene rings is 1. The van der Waals surface area contributed by atoms with Crippen molar-refractivity contribution in [2.24, 2.45) is 0 Å². The number of nitrogens with zero attached hydrogens (tertiary/aromatic N) is 2. The Labute approximate surface area is 117 Å². The Hall–Kier alpha value is -1.14. The highest BCUT2D eigenvalue weighted by Gasteiger charge is 2.25. The van der Waals surface area contributed by atoms with Gasteiger partial charge in [-0.25, -0.2) is 4.98 Å². The second-order valence-corrected chi connectivity index (χ2v) is 6.12. The van der Waals surface area contributed by atoms with Crippen LogP contribution < -0.4 is 10.9 Å². The smallest absolute Gasteiger partial charge is 0.293 e. The molecule has 4 nitrogen and oxygen atoms in total. The minimum absolute atomic E-state index is 0.0207. The van der Waals surface area contributed by atoms with Gasteiger partial charge in [-0.15, -0.1) is 11.3 Å². The Bertz CT molecular complexity index is 618. The monoisotopic (exact) mass is 325 g/mol. The van der Waals surface area contributed by atoms with Gasteiger partial charge in [0.05, 0.1) is 6.54 Å². The largest absolute Gasteiger partial charge is 0.361 e. The van der Waals surface area contributed by atoms with Crippen LogP contribution in [0.2, 0.25) is 0 Å². The lowest BCUT2D eigenvalue weighted by atomic mass is 10.4. The van der Waals surface area contributed by atoms with Crippen LogP contribution in [0.25, 0.3) is 0 Å². The highest BCUT2D eigenvalue weighted by molar-refractivity contribution is 9.10. The number of aromatic nitrogens is 2. The van der Waals surface area contributed by atoms with Crippen molar-refractivity contribution in [1.82, 2.24) is 9.55 Å². The molecule has 94 valence electrons. The summed E-state index contributed by atoms with van der Waals surface area (Å²) in [7, 11) is 0. The van der Waals surface area contributed by atoms with Crippen molar-refractivity contribution in [1.29, 1.82) is 0 Å². The zero-order valence-electron chi connectivity index (χ0n) is 9.60. The quantitative estimate of drug-likeness (QED) is 0.939. The predicted octanol–water partition coefficient (Wildman–Crippen LogP) is 3.01. The minimum Gasteiger partial charge on any atom is -0.361 e. The van der Waals surface area contributed by atoms with Crippen LogP contribution in [-0.2, 0) is 6.54 Å². The fourth-order valence-corrected chi connectivity index (χ4v) is 3.23. The van der Waals surface area contributed by atoms with Crippen molar-refractivity contribution >= 4 is 33.1 Å². The number of nitrogens with one attached hydrogen (secondary N) is 1. The Morgan fingerprint density at radius 1 is 1.56 bits per heavy atom. The molecule has 1 aliphatic rings. The lowest BCUT2D eigenvalue weighted by Gasteiger charge is -2.07. The van der Waals surface area contributed by atoms with E-state index in [4.69, 9.17) is 0 Å². The van der Waals surface area contributed by atoms with Crippen molar-refractivity contribution < 1.29 is 0 Å². The maximum Gasteiger partial charge on any atom is 0.293 e. The lowest BCUT2D eigenvalue weighted by Crippen LogP contribution is -2.23. The summed E-state index contributed by atoms with van der Waals surface area (Å²) in [5.41, 5.74) is -0.0207. The molecule has 0 atom stereocenters. The van der Waals surface area contributed by atoms with Crippen LogP contribution in [0.4, 0.5) is 5.82 Å². The molecule has 6 heteroatoms. The highest BCUT2D eigenvalue weighted by Crippen LogP contribution is 2.33. The van der Waals surface area contributed by atoms with E-state index in [0.717, 1.165) is 22.2 Å². The summed E-state index contributed by atoms with van der Waals surface area (Å²) in [4.78, 5) is 17.4. The number of hydrogen-bond acceptors (Lipinski definition) is 4. The van der Waals surface area contributed by atoms with Gasteiger partial charge in [0.25, 0.3) is 5.56 Å². The summed E-state index contributed by atoms with van der Waals surface area (Å²) >= 11 is 5.12. The number of halogens is 1. The molecular weight excluding hydrogens is 314 g/mol. The molecule has 3 rings (SSSR count). The molecule has 2 aromatic heterocycles. The van der Waals surface area contributed by atoms with Crippen LogP contribution in [0.5, 0.6) is 0 Å². The molecule has 18 heavy (non-hydrogen) atoms. The molecule has 1 fully saturated rings. The normalized spacial score (nSPS) is 14.7. The summed E-state index contributed by atoms with van der Waals surface area (Å²) in [6.45, 7) is 0.620. The summed E-state index contributed by atoms with van der Waals surface area (Å²) in [5, 5.41) is 5.13. The molecule has 0 spiro atoms. The van der Waals surface area contributed by atoms with Gasteiger partial charge in [-0.2, -0.15) is 0 Å². The Kier molecular flexibility index (Phi) is 3.22. The maximum atomic E-state index is 12.1. The van der Waals surface area contributed by atoms with Crippen LogP contribution in [-0.4, -0.2) is 9.55 Å². The number of rotatable bonds is 4. The first-order chi connectivity index (χ1) is 8.75. The topological polar surface area (TPSA) is 46.9 Å². The van der Waals surface area contributed by atoms with Gasteiger partial charge in [0.1, 0.15) is 0 Å². The Morgan fingerprint density at radius 2 is 2.39 bits per heavy atom. The standard InChI is InChI=1S/C12H12BrN3OS/c13-9-3-6-18-10(9)7-15-11-12(17)16(5-4-14-11)8-1-2-8/h3-6,8H,1-2,7H2,(H,14,15). The van der Waals surface area contributed by atoms with Crippen molar-refractivity contribution in [3.05, 3.63) is 43.5 Å². The SMILES string of the molecule is O=c1c(NCc2sccc2Br)nccn1C1CC1. The third-order valence-corrected chi connectivity index (χ3v) is 4.84. The van der Waals surface area contributed by atoms with Gasteiger partial charge < -0.3 is 9.88 Å². The second-order valence-electron chi connectivity index (χ2n) is 4.26. The fourth-order valence-electron chi connectivity index (χ4n) is 1.80. The molecule has 0 saturated heterocycles. The van der Waals surface area contributed by atoms with Crippen LogP contribution in [0.3, 0.4) is 0 Å².